The van der Waals surface area contributed by atoms with Crippen LogP contribution >= 0.6 is 0 Å². The lowest BCUT2D eigenvalue weighted by Crippen LogP contribution is -2.34. The molecule has 0 aromatic heterocycles. The number of amides is 3. The molecule has 3 rings (SSSR count). The van der Waals surface area contributed by atoms with Crippen molar-refractivity contribution >= 4 is 23.3 Å². The molecule has 4 heteroatoms. The smallest absolute Gasteiger partial charge is 0.281 e. The molecule has 2 aromatic carbocycles. The van der Waals surface area contributed by atoms with E-state index in [9.17, 15) is 9.59 Å². The Kier molecular flexibility index (Phi) is 3.44. The second kappa shape index (κ2) is 5.40. The van der Waals surface area contributed by atoms with Gasteiger partial charge in [0.2, 0.25) is 0 Å². The third kappa shape index (κ3) is 2.18. The van der Waals surface area contributed by atoms with Gasteiger partial charge in [0.05, 0.1) is 5.69 Å². The molecule has 1 aliphatic rings. The minimum Gasteiger partial charge on any atom is -0.281 e. The standard InChI is InChI=1S/C17H16N2O2/c1-2-15-16(20)19(14-11-7-4-8-12-14)17(21)18(15)13-9-5-3-6-10-13/h3-12,15H,2H2,1H3. The largest absolute Gasteiger partial charge is 0.336 e. The lowest BCUT2D eigenvalue weighted by molar-refractivity contribution is -0.118. The number of benzene rings is 2. The van der Waals surface area contributed by atoms with Crippen molar-refractivity contribution in [2.24, 2.45) is 0 Å². The van der Waals surface area contributed by atoms with E-state index in [1.807, 2.05) is 55.5 Å². The molecule has 0 N–H and O–H groups in total. The number of carbonyl (C=O) groups is 2. The van der Waals surface area contributed by atoms with E-state index in [-0.39, 0.29) is 11.9 Å². The van der Waals surface area contributed by atoms with Gasteiger partial charge in [0.25, 0.3) is 5.91 Å². The number of urea groups is 1. The molecule has 106 valence electrons. The van der Waals surface area contributed by atoms with Gasteiger partial charge in [-0.1, -0.05) is 43.3 Å². The first-order valence-corrected chi connectivity index (χ1v) is 7.01. The number of nitrogens with zero attached hydrogens (tertiary/aromatic N) is 2. The van der Waals surface area contributed by atoms with Crippen molar-refractivity contribution in [3.63, 3.8) is 0 Å². The highest BCUT2D eigenvalue weighted by atomic mass is 16.2. The second-order valence-electron chi connectivity index (χ2n) is 4.92. The molecule has 1 atom stereocenters. The summed E-state index contributed by atoms with van der Waals surface area (Å²) in [4.78, 5) is 28.2. The van der Waals surface area contributed by atoms with Crippen LogP contribution in [0.1, 0.15) is 13.3 Å². The first-order valence-electron chi connectivity index (χ1n) is 7.01. The van der Waals surface area contributed by atoms with Gasteiger partial charge in [-0.05, 0) is 30.7 Å². The summed E-state index contributed by atoms with van der Waals surface area (Å²) in [6.45, 7) is 1.92. The number of hydrogen-bond acceptors (Lipinski definition) is 2. The van der Waals surface area contributed by atoms with Crippen molar-refractivity contribution in [2.75, 3.05) is 9.80 Å². The third-order valence-corrected chi connectivity index (χ3v) is 3.65. The SMILES string of the molecule is CCC1C(=O)N(c2ccccc2)C(=O)N1c1ccccc1. The summed E-state index contributed by atoms with van der Waals surface area (Å²) in [6, 6.07) is 17.6. The lowest BCUT2D eigenvalue weighted by Gasteiger charge is -2.20. The van der Waals surface area contributed by atoms with Crippen LogP contribution in [0.4, 0.5) is 16.2 Å². The summed E-state index contributed by atoms with van der Waals surface area (Å²) in [7, 11) is 0. The maximum absolute atomic E-state index is 12.7. The topological polar surface area (TPSA) is 40.6 Å². The Hall–Kier alpha value is -2.62. The number of rotatable bonds is 3. The van der Waals surface area contributed by atoms with Gasteiger partial charge < -0.3 is 0 Å². The van der Waals surface area contributed by atoms with E-state index in [0.717, 1.165) is 5.69 Å². The molecule has 1 saturated heterocycles. The molecular formula is C17H16N2O2. The van der Waals surface area contributed by atoms with Crippen LogP contribution in [0, 0.1) is 0 Å². The van der Waals surface area contributed by atoms with Gasteiger partial charge in [-0.2, -0.15) is 0 Å². The lowest BCUT2D eigenvalue weighted by atomic mass is 10.2. The molecule has 1 aliphatic heterocycles. The van der Waals surface area contributed by atoms with E-state index in [4.69, 9.17) is 0 Å². The molecule has 3 amide bonds. The molecule has 4 nitrogen and oxygen atoms in total. The molecule has 2 aromatic rings. The molecule has 0 spiro atoms. The van der Waals surface area contributed by atoms with Crippen molar-refractivity contribution < 1.29 is 9.59 Å². The van der Waals surface area contributed by atoms with Gasteiger partial charge in [-0.3, -0.25) is 9.69 Å². The van der Waals surface area contributed by atoms with Gasteiger partial charge >= 0.3 is 6.03 Å². The number of hydrogen-bond donors (Lipinski definition) is 0. The summed E-state index contributed by atoms with van der Waals surface area (Å²) in [6.07, 6.45) is 0.586. The van der Waals surface area contributed by atoms with Gasteiger partial charge in [-0.15, -0.1) is 0 Å². The minimum absolute atomic E-state index is 0.169. The van der Waals surface area contributed by atoms with Crippen molar-refractivity contribution in [2.45, 2.75) is 19.4 Å². The first kappa shape index (κ1) is 13.4. The molecule has 1 heterocycles. The molecule has 0 saturated carbocycles. The summed E-state index contributed by atoms with van der Waals surface area (Å²) in [5, 5.41) is 0. The molecule has 0 bridgehead atoms. The minimum atomic E-state index is -0.444. The maximum Gasteiger partial charge on any atom is 0.336 e. The van der Waals surface area contributed by atoms with Gasteiger partial charge in [0.15, 0.2) is 0 Å². The van der Waals surface area contributed by atoms with Crippen LogP contribution in [-0.4, -0.2) is 18.0 Å². The van der Waals surface area contributed by atoms with Gasteiger partial charge in [0, 0.05) is 5.69 Å². The van der Waals surface area contributed by atoms with E-state index in [2.05, 4.69) is 0 Å². The number of para-hydroxylation sites is 2. The molecule has 0 radical (unpaired) electrons. The zero-order valence-corrected chi connectivity index (χ0v) is 11.8. The summed E-state index contributed by atoms with van der Waals surface area (Å²) in [5.74, 6) is -0.169. The van der Waals surface area contributed by atoms with Crippen LogP contribution in [0.2, 0.25) is 0 Å². The highest BCUT2D eigenvalue weighted by molar-refractivity contribution is 6.28. The van der Waals surface area contributed by atoms with Crippen molar-refractivity contribution in [3.8, 4) is 0 Å². The fourth-order valence-corrected chi connectivity index (χ4v) is 2.65. The molecule has 21 heavy (non-hydrogen) atoms. The summed E-state index contributed by atoms with van der Waals surface area (Å²) >= 11 is 0. The van der Waals surface area contributed by atoms with Gasteiger partial charge in [-0.25, -0.2) is 9.69 Å². The van der Waals surface area contributed by atoms with Crippen molar-refractivity contribution in [3.05, 3.63) is 60.7 Å². The molecule has 0 aliphatic carbocycles. The Balaban J connectivity index is 2.03. The average molecular weight is 280 g/mol. The van der Waals surface area contributed by atoms with Crippen LogP contribution < -0.4 is 9.80 Å². The normalized spacial score (nSPS) is 18.4. The fourth-order valence-electron chi connectivity index (χ4n) is 2.65. The fraction of sp³-hybridized carbons (Fsp3) is 0.176. The monoisotopic (exact) mass is 280 g/mol. The zero-order chi connectivity index (χ0) is 14.8. The Morgan fingerprint density at radius 3 is 1.90 bits per heavy atom. The Morgan fingerprint density at radius 2 is 1.38 bits per heavy atom. The van der Waals surface area contributed by atoms with E-state index >= 15 is 0 Å². The predicted molar refractivity (Wildman–Crippen MR) is 82.3 cm³/mol. The molecule has 1 unspecified atom stereocenters. The Bertz CT molecular complexity index is 655. The highest BCUT2D eigenvalue weighted by Gasteiger charge is 2.45. The van der Waals surface area contributed by atoms with Crippen molar-refractivity contribution in [1.82, 2.24) is 0 Å². The third-order valence-electron chi connectivity index (χ3n) is 3.65. The van der Waals surface area contributed by atoms with Crippen LogP contribution in [0.15, 0.2) is 60.7 Å². The van der Waals surface area contributed by atoms with Gasteiger partial charge in [0.1, 0.15) is 6.04 Å². The van der Waals surface area contributed by atoms with E-state index in [0.29, 0.717) is 12.1 Å². The van der Waals surface area contributed by atoms with E-state index < -0.39 is 6.04 Å². The number of carbonyl (C=O) groups excluding carboxylic acids is 2. The average Bonchev–Trinajstić information content (AvgIpc) is 2.79. The van der Waals surface area contributed by atoms with Crippen molar-refractivity contribution in [1.29, 1.82) is 0 Å². The van der Waals surface area contributed by atoms with Crippen LogP contribution in [-0.2, 0) is 4.79 Å². The van der Waals surface area contributed by atoms with Crippen LogP contribution in [0.5, 0.6) is 0 Å². The summed E-state index contributed by atoms with van der Waals surface area (Å²) < 4.78 is 0. The highest BCUT2D eigenvalue weighted by Crippen LogP contribution is 2.30. The van der Waals surface area contributed by atoms with Crippen LogP contribution in [0.25, 0.3) is 0 Å². The molecular weight excluding hydrogens is 264 g/mol. The Labute approximate surface area is 123 Å². The number of anilines is 2. The van der Waals surface area contributed by atoms with Crippen LogP contribution in [0.3, 0.4) is 0 Å². The molecule has 1 fully saturated rings. The van der Waals surface area contributed by atoms with E-state index in [1.165, 1.54) is 4.90 Å². The quantitative estimate of drug-likeness (QED) is 0.808. The first-order chi connectivity index (χ1) is 10.2. The van der Waals surface area contributed by atoms with E-state index in [1.54, 1.807) is 17.0 Å². The number of imide groups is 1. The summed E-state index contributed by atoms with van der Waals surface area (Å²) in [5.41, 5.74) is 1.37. The maximum atomic E-state index is 12.7. The second-order valence-corrected chi connectivity index (χ2v) is 4.92. The zero-order valence-electron chi connectivity index (χ0n) is 11.8. The predicted octanol–water partition coefficient (Wildman–Crippen LogP) is 3.44. The Morgan fingerprint density at radius 1 is 0.857 bits per heavy atom.